The van der Waals surface area contributed by atoms with Crippen LogP contribution in [-0.4, -0.2) is 24.7 Å². The Bertz CT molecular complexity index is 481. The van der Waals surface area contributed by atoms with E-state index in [1.165, 1.54) is 24.0 Å². The first kappa shape index (κ1) is 11.7. The molecule has 1 N–H and O–H groups in total. The van der Waals surface area contributed by atoms with Gasteiger partial charge in [0.05, 0.1) is 12.8 Å². The van der Waals surface area contributed by atoms with Crippen molar-refractivity contribution in [2.75, 3.05) is 13.7 Å². The number of fused-ring (bicyclic) bond motifs is 1. The van der Waals surface area contributed by atoms with E-state index in [0.29, 0.717) is 12.0 Å². The van der Waals surface area contributed by atoms with Gasteiger partial charge in [-0.15, -0.1) is 0 Å². The van der Waals surface area contributed by atoms with Crippen LogP contribution in [0.5, 0.6) is 5.75 Å². The van der Waals surface area contributed by atoms with Gasteiger partial charge in [0.2, 0.25) is 0 Å². The largest absolute Gasteiger partial charge is 0.495 e. The van der Waals surface area contributed by atoms with Crippen molar-refractivity contribution >= 4 is 5.57 Å². The summed E-state index contributed by atoms with van der Waals surface area (Å²) in [5, 5.41) is 3.62. The first-order chi connectivity index (χ1) is 8.78. The van der Waals surface area contributed by atoms with Crippen LogP contribution in [0.1, 0.15) is 30.5 Å². The van der Waals surface area contributed by atoms with Gasteiger partial charge in [-0.25, -0.2) is 0 Å². The normalized spacial score (nSPS) is 26.7. The molecule has 3 nitrogen and oxygen atoms in total. The topological polar surface area (TPSA) is 34.1 Å². The Morgan fingerprint density at radius 3 is 3.11 bits per heavy atom. The van der Waals surface area contributed by atoms with E-state index >= 15 is 0 Å². The van der Waals surface area contributed by atoms with Gasteiger partial charge in [0, 0.05) is 12.2 Å². The van der Waals surface area contributed by atoms with Crippen molar-refractivity contribution in [2.24, 2.45) is 5.92 Å². The van der Waals surface area contributed by atoms with Crippen molar-refractivity contribution in [1.82, 2.24) is 10.3 Å². The standard InChI is InChI=1S/C15H20N2O/c1-10-15(18-2)8-13(9-17-10)12-6-11-4-3-5-16-14(11)7-12/h6,8-9,11,14,16H,3-5,7H2,1-2H3. The molecule has 1 aliphatic heterocycles. The van der Waals surface area contributed by atoms with Crippen LogP contribution in [0.2, 0.25) is 0 Å². The minimum absolute atomic E-state index is 0.640. The van der Waals surface area contributed by atoms with Crippen LogP contribution in [0.3, 0.4) is 0 Å². The number of piperidine rings is 1. The van der Waals surface area contributed by atoms with E-state index in [2.05, 4.69) is 22.4 Å². The van der Waals surface area contributed by atoms with E-state index in [0.717, 1.165) is 24.4 Å². The molecule has 1 aliphatic carbocycles. The third-order valence-electron chi connectivity index (χ3n) is 4.12. The molecule has 96 valence electrons. The highest BCUT2D eigenvalue weighted by Crippen LogP contribution is 2.36. The lowest BCUT2D eigenvalue weighted by Gasteiger charge is -2.25. The first-order valence-corrected chi connectivity index (χ1v) is 6.73. The van der Waals surface area contributed by atoms with E-state index in [1.54, 1.807) is 7.11 Å². The van der Waals surface area contributed by atoms with E-state index in [-0.39, 0.29) is 0 Å². The average Bonchev–Trinajstić information content (AvgIpc) is 2.83. The lowest BCUT2D eigenvalue weighted by Crippen LogP contribution is -2.37. The van der Waals surface area contributed by atoms with Crippen molar-refractivity contribution in [3.8, 4) is 5.75 Å². The molecule has 1 aromatic rings. The number of rotatable bonds is 2. The molecular weight excluding hydrogens is 224 g/mol. The number of ether oxygens (including phenoxy) is 1. The zero-order chi connectivity index (χ0) is 12.5. The third kappa shape index (κ3) is 2.03. The number of nitrogens with one attached hydrogen (secondary N) is 1. The fraction of sp³-hybridized carbons (Fsp3) is 0.533. The summed E-state index contributed by atoms with van der Waals surface area (Å²) < 4.78 is 5.36. The molecule has 2 aliphatic rings. The fourth-order valence-electron chi connectivity index (χ4n) is 3.07. The lowest BCUT2D eigenvalue weighted by molar-refractivity contribution is 0.348. The Labute approximate surface area is 108 Å². The van der Waals surface area contributed by atoms with Gasteiger partial charge >= 0.3 is 0 Å². The highest BCUT2D eigenvalue weighted by molar-refractivity contribution is 5.69. The maximum absolute atomic E-state index is 5.36. The van der Waals surface area contributed by atoms with Gasteiger partial charge < -0.3 is 10.1 Å². The monoisotopic (exact) mass is 244 g/mol. The number of hydrogen-bond donors (Lipinski definition) is 1. The number of pyridine rings is 1. The molecule has 2 heterocycles. The zero-order valence-electron chi connectivity index (χ0n) is 11.1. The molecule has 3 rings (SSSR count). The minimum atomic E-state index is 0.640. The molecule has 0 amide bonds. The van der Waals surface area contributed by atoms with Crippen molar-refractivity contribution in [3.05, 3.63) is 29.6 Å². The Hall–Kier alpha value is -1.35. The first-order valence-electron chi connectivity index (χ1n) is 6.73. The van der Waals surface area contributed by atoms with Crippen LogP contribution >= 0.6 is 0 Å². The molecule has 0 radical (unpaired) electrons. The third-order valence-corrected chi connectivity index (χ3v) is 4.12. The van der Waals surface area contributed by atoms with Crippen molar-refractivity contribution in [3.63, 3.8) is 0 Å². The molecule has 0 spiro atoms. The molecule has 1 saturated heterocycles. The maximum Gasteiger partial charge on any atom is 0.140 e. The molecular formula is C15H20N2O. The predicted octanol–water partition coefficient (Wildman–Crippen LogP) is 2.55. The molecule has 0 saturated carbocycles. The second-order valence-corrected chi connectivity index (χ2v) is 5.27. The predicted molar refractivity (Wildman–Crippen MR) is 72.6 cm³/mol. The van der Waals surface area contributed by atoms with Crippen LogP contribution in [0.25, 0.3) is 5.57 Å². The van der Waals surface area contributed by atoms with Crippen LogP contribution in [0.4, 0.5) is 0 Å². The van der Waals surface area contributed by atoms with Gasteiger partial charge in [0.25, 0.3) is 0 Å². The quantitative estimate of drug-likeness (QED) is 0.868. The molecule has 18 heavy (non-hydrogen) atoms. The van der Waals surface area contributed by atoms with Gasteiger partial charge in [-0.3, -0.25) is 4.98 Å². The summed E-state index contributed by atoms with van der Waals surface area (Å²) in [4.78, 5) is 4.43. The highest BCUT2D eigenvalue weighted by atomic mass is 16.5. The van der Waals surface area contributed by atoms with Gasteiger partial charge in [-0.2, -0.15) is 0 Å². The summed E-state index contributed by atoms with van der Waals surface area (Å²) in [5.74, 6) is 1.59. The van der Waals surface area contributed by atoms with Crippen LogP contribution < -0.4 is 10.1 Å². The van der Waals surface area contributed by atoms with E-state index in [4.69, 9.17) is 4.74 Å². The second kappa shape index (κ2) is 4.73. The Morgan fingerprint density at radius 2 is 2.33 bits per heavy atom. The summed E-state index contributed by atoms with van der Waals surface area (Å²) >= 11 is 0. The van der Waals surface area contributed by atoms with Gasteiger partial charge in [-0.05, 0) is 55.9 Å². The number of aryl methyl sites for hydroxylation is 1. The van der Waals surface area contributed by atoms with Gasteiger partial charge in [0.15, 0.2) is 0 Å². The molecule has 2 unspecified atom stereocenters. The molecule has 1 fully saturated rings. The Balaban J connectivity index is 1.87. The molecule has 2 atom stereocenters. The summed E-state index contributed by atoms with van der Waals surface area (Å²) in [7, 11) is 1.71. The molecule has 1 aromatic heterocycles. The highest BCUT2D eigenvalue weighted by Gasteiger charge is 2.30. The van der Waals surface area contributed by atoms with Crippen molar-refractivity contribution in [1.29, 1.82) is 0 Å². The molecule has 0 aromatic carbocycles. The van der Waals surface area contributed by atoms with E-state index in [9.17, 15) is 0 Å². The fourth-order valence-corrected chi connectivity index (χ4v) is 3.07. The van der Waals surface area contributed by atoms with Crippen LogP contribution in [-0.2, 0) is 0 Å². The van der Waals surface area contributed by atoms with Crippen molar-refractivity contribution < 1.29 is 4.74 Å². The Morgan fingerprint density at radius 1 is 1.44 bits per heavy atom. The molecule has 0 bridgehead atoms. The minimum Gasteiger partial charge on any atom is -0.495 e. The molecule has 3 heteroatoms. The van der Waals surface area contributed by atoms with Crippen LogP contribution in [0, 0.1) is 12.8 Å². The second-order valence-electron chi connectivity index (χ2n) is 5.27. The summed E-state index contributed by atoms with van der Waals surface area (Å²) in [6.07, 6.45) is 8.14. The summed E-state index contributed by atoms with van der Waals surface area (Å²) in [5.41, 5.74) is 3.59. The number of methoxy groups -OCH3 is 1. The SMILES string of the molecule is COc1cc(C2=CC3CCCNC3C2)cnc1C. The van der Waals surface area contributed by atoms with E-state index < -0.39 is 0 Å². The number of aromatic nitrogens is 1. The van der Waals surface area contributed by atoms with Crippen molar-refractivity contribution in [2.45, 2.75) is 32.2 Å². The van der Waals surface area contributed by atoms with Gasteiger partial charge in [-0.1, -0.05) is 6.08 Å². The van der Waals surface area contributed by atoms with Crippen LogP contribution in [0.15, 0.2) is 18.3 Å². The lowest BCUT2D eigenvalue weighted by atomic mass is 9.94. The summed E-state index contributed by atoms with van der Waals surface area (Å²) in [6, 6.07) is 2.76. The number of nitrogens with zero attached hydrogens (tertiary/aromatic N) is 1. The average molecular weight is 244 g/mol. The Kier molecular flexibility index (Phi) is 3.08. The van der Waals surface area contributed by atoms with Gasteiger partial charge in [0.1, 0.15) is 5.75 Å². The number of hydrogen-bond acceptors (Lipinski definition) is 3. The zero-order valence-corrected chi connectivity index (χ0v) is 11.1. The maximum atomic E-state index is 5.36. The smallest absolute Gasteiger partial charge is 0.140 e. The summed E-state index contributed by atoms with van der Waals surface area (Å²) in [6.45, 7) is 3.14. The van der Waals surface area contributed by atoms with E-state index in [1.807, 2.05) is 13.1 Å².